The fourth-order valence-electron chi connectivity index (χ4n) is 2.93. The van der Waals surface area contributed by atoms with Crippen LogP contribution in [0.4, 0.5) is 5.82 Å². The molecular weight excluding hydrogens is 346 g/mol. The number of anilines is 1. The minimum Gasteiger partial charge on any atom is -0.378 e. The lowest BCUT2D eigenvalue weighted by Gasteiger charge is -2.28. The molecule has 1 aliphatic heterocycles. The van der Waals surface area contributed by atoms with Gasteiger partial charge in [0.25, 0.3) is 0 Å². The van der Waals surface area contributed by atoms with Gasteiger partial charge in [0.15, 0.2) is 10.8 Å². The molecule has 0 amide bonds. The van der Waals surface area contributed by atoms with Gasteiger partial charge in [-0.15, -0.1) is 0 Å². The Kier molecular flexibility index (Phi) is 5.17. The summed E-state index contributed by atoms with van der Waals surface area (Å²) in [6.45, 7) is 5.24. The fraction of sp³-hybridized carbons (Fsp3) is 0.316. The molecule has 4 rings (SSSR count). The standard InChI is InChI=1S/C19H21N5OS/c1-2-26-19-21-17(23-10-12-25-13-11-23)16-14-20-24(18(16)22-19)9-8-15-6-4-3-5-7-15/h3-9,14H,2,10-13H2,1H3/b9-8+. The predicted octanol–water partition coefficient (Wildman–Crippen LogP) is 3.40. The average Bonchev–Trinajstić information content (AvgIpc) is 3.10. The van der Waals surface area contributed by atoms with E-state index in [1.54, 1.807) is 11.8 Å². The summed E-state index contributed by atoms with van der Waals surface area (Å²) in [7, 11) is 0. The lowest BCUT2D eigenvalue weighted by Crippen LogP contribution is -2.37. The summed E-state index contributed by atoms with van der Waals surface area (Å²) < 4.78 is 7.31. The Balaban J connectivity index is 1.75. The first-order valence-corrected chi connectivity index (χ1v) is 9.77. The maximum absolute atomic E-state index is 5.48. The molecule has 0 atom stereocenters. The van der Waals surface area contributed by atoms with Crippen LogP contribution in [0.2, 0.25) is 0 Å². The van der Waals surface area contributed by atoms with Gasteiger partial charge in [0.2, 0.25) is 0 Å². The molecule has 0 saturated carbocycles. The summed E-state index contributed by atoms with van der Waals surface area (Å²) >= 11 is 1.65. The highest BCUT2D eigenvalue weighted by Gasteiger charge is 2.19. The number of rotatable bonds is 5. The largest absolute Gasteiger partial charge is 0.378 e. The van der Waals surface area contributed by atoms with Crippen molar-refractivity contribution in [2.45, 2.75) is 12.1 Å². The smallest absolute Gasteiger partial charge is 0.191 e. The van der Waals surface area contributed by atoms with Crippen molar-refractivity contribution in [1.82, 2.24) is 19.7 Å². The van der Waals surface area contributed by atoms with Crippen LogP contribution in [0.15, 0.2) is 41.7 Å². The molecule has 2 aromatic heterocycles. The van der Waals surface area contributed by atoms with E-state index >= 15 is 0 Å². The third-order valence-electron chi connectivity index (χ3n) is 4.20. The molecular formula is C19H21N5OS. The average molecular weight is 367 g/mol. The fourth-order valence-corrected chi connectivity index (χ4v) is 3.49. The molecule has 0 spiro atoms. The Hall–Kier alpha value is -2.38. The molecule has 134 valence electrons. The van der Waals surface area contributed by atoms with Crippen molar-refractivity contribution >= 4 is 40.9 Å². The maximum Gasteiger partial charge on any atom is 0.191 e. The summed E-state index contributed by atoms with van der Waals surface area (Å²) in [5, 5.41) is 6.29. The lowest BCUT2D eigenvalue weighted by molar-refractivity contribution is 0.122. The number of fused-ring (bicyclic) bond motifs is 1. The van der Waals surface area contributed by atoms with Crippen LogP contribution < -0.4 is 4.90 Å². The number of nitrogens with zero attached hydrogens (tertiary/aromatic N) is 5. The van der Waals surface area contributed by atoms with Crippen LogP contribution in [-0.4, -0.2) is 51.8 Å². The normalized spacial score (nSPS) is 15.2. The number of ether oxygens (including phenoxy) is 1. The zero-order valence-corrected chi connectivity index (χ0v) is 15.5. The Morgan fingerprint density at radius 1 is 1.15 bits per heavy atom. The quantitative estimate of drug-likeness (QED) is 0.509. The summed E-state index contributed by atoms with van der Waals surface area (Å²) in [5.41, 5.74) is 1.96. The highest BCUT2D eigenvalue weighted by molar-refractivity contribution is 7.99. The molecule has 0 radical (unpaired) electrons. The SMILES string of the molecule is CCSc1nc(N2CCOCC2)c2cnn(/C=C/c3ccccc3)c2n1. The summed E-state index contributed by atoms with van der Waals surface area (Å²) in [5.74, 6) is 1.89. The van der Waals surface area contributed by atoms with Gasteiger partial charge in [-0.2, -0.15) is 5.10 Å². The van der Waals surface area contributed by atoms with E-state index in [0.29, 0.717) is 0 Å². The number of benzene rings is 1. The Morgan fingerprint density at radius 2 is 1.96 bits per heavy atom. The molecule has 1 saturated heterocycles. The van der Waals surface area contributed by atoms with Crippen molar-refractivity contribution in [3.8, 4) is 0 Å². The van der Waals surface area contributed by atoms with Crippen LogP contribution in [0, 0.1) is 0 Å². The van der Waals surface area contributed by atoms with Gasteiger partial charge in [0.1, 0.15) is 5.82 Å². The van der Waals surface area contributed by atoms with Crippen LogP contribution in [0.1, 0.15) is 12.5 Å². The van der Waals surface area contributed by atoms with Gasteiger partial charge in [0.05, 0.1) is 24.8 Å². The monoisotopic (exact) mass is 367 g/mol. The van der Waals surface area contributed by atoms with Crippen LogP contribution in [0.5, 0.6) is 0 Å². The van der Waals surface area contributed by atoms with Gasteiger partial charge in [-0.05, 0) is 17.4 Å². The first-order chi connectivity index (χ1) is 12.8. The Labute approximate surface area is 156 Å². The van der Waals surface area contributed by atoms with E-state index < -0.39 is 0 Å². The van der Waals surface area contributed by atoms with E-state index in [1.165, 1.54) is 0 Å². The molecule has 0 unspecified atom stereocenters. The lowest BCUT2D eigenvalue weighted by atomic mass is 10.2. The topological polar surface area (TPSA) is 56.1 Å². The molecule has 0 aliphatic carbocycles. The second-order valence-corrected chi connectivity index (χ2v) is 7.15. The van der Waals surface area contributed by atoms with Crippen molar-refractivity contribution in [3.05, 3.63) is 42.1 Å². The van der Waals surface area contributed by atoms with Gasteiger partial charge in [-0.25, -0.2) is 14.6 Å². The number of hydrogen-bond donors (Lipinski definition) is 0. The van der Waals surface area contributed by atoms with E-state index in [2.05, 4.69) is 29.1 Å². The Morgan fingerprint density at radius 3 is 2.73 bits per heavy atom. The number of aromatic nitrogens is 4. The van der Waals surface area contributed by atoms with Crippen molar-refractivity contribution in [3.63, 3.8) is 0 Å². The van der Waals surface area contributed by atoms with Crippen molar-refractivity contribution in [2.24, 2.45) is 0 Å². The first kappa shape index (κ1) is 17.1. The van der Waals surface area contributed by atoms with E-state index in [0.717, 1.165) is 59.6 Å². The number of morpholine rings is 1. The van der Waals surface area contributed by atoms with Gasteiger partial charge in [0, 0.05) is 19.3 Å². The highest BCUT2D eigenvalue weighted by Crippen LogP contribution is 2.28. The van der Waals surface area contributed by atoms with E-state index in [1.807, 2.05) is 41.4 Å². The molecule has 6 nitrogen and oxygen atoms in total. The summed E-state index contributed by atoms with van der Waals surface area (Å²) in [6, 6.07) is 10.2. The summed E-state index contributed by atoms with van der Waals surface area (Å²) in [4.78, 5) is 11.8. The van der Waals surface area contributed by atoms with Crippen LogP contribution in [0.3, 0.4) is 0 Å². The van der Waals surface area contributed by atoms with Crippen LogP contribution >= 0.6 is 11.8 Å². The van der Waals surface area contributed by atoms with E-state index in [4.69, 9.17) is 14.7 Å². The van der Waals surface area contributed by atoms with Gasteiger partial charge < -0.3 is 9.64 Å². The van der Waals surface area contributed by atoms with Crippen molar-refractivity contribution < 1.29 is 4.74 Å². The minimum absolute atomic E-state index is 0.726. The second-order valence-electron chi connectivity index (χ2n) is 5.92. The number of hydrogen-bond acceptors (Lipinski definition) is 6. The summed E-state index contributed by atoms with van der Waals surface area (Å²) in [6.07, 6.45) is 5.85. The number of thioether (sulfide) groups is 1. The molecule has 0 N–H and O–H groups in total. The van der Waals surface area contributed by atoms with Gasteiger partial charge in [-0.3, -0.25) is 0 Å². The minimum atomic E-state index is 0.726. The molecule has 0 bridgehead atoms. The van der Waals surface area contributed by atoms with E-state index in [-0.39, 0.29) is 0 Å². The maximum atomic E-state index is 5.48. The van der Waals surface area contributed by atoms with Crippen molar-refractivity contribution in [2.75, 3.05) is 37.0 Å². The first-order valence-electron chi connectivity index (χ1n) is 8.79. The third-order valence-corrected chi connectivity index (χ3v) is 4.93. The predicted molar refractivity (Wildman–Crippen MR) is 106 cm³/mol. The zero-order valence-electron chi connectivity index (χ0n) is 14.7. The second kappa shape index (κ2) is 7.88. The van der Waals surface area contributed by atoms with Gasteiger partial charge >= 0.3 is 0 Å². The van der Waals surface area contributed by atoms with Gasteiger partial charge in [-0.1, -0.05) is 49.0 Å². The Bertz CT molecular complexity index is 903. The van der Waals surface area contributed by atoms with E-state index in [9.17, 15) is 0 Å². The molecule has 1 fully saturated rings. The van der Waals surface area contributed by atoms with Crippen molar-refractivity contribution in [1.29, 1.82) is 0 Å². The molecule has 7 heteroatoms. The molecule has 3 aromatic rings. The zero-order chi connectivity index (χ0) is 17.8. The molecule has 1 aromatic carbocycles. The van der Waals surface area contributed by atoms with Crippen LogP contribution in [0.25, 0.3) is 23.3 Å². The molecule has 26 heavy (non-hydrogen) atoms. The van der Waals surface area contributed by atoms with Crippen LogP contribution in [-0.2, 0) is 4.74 Å². The molecule has 1 aliphatic rings. The third kappa shape index (κ3) is 3.59. The highest BCUT2D eigenvalue weighted by atomic mass is 32.2. The molecule has 3 heterocycles.